The average Bonchev–Trinajstić information content (AvgIpc) is 3.33. The summed E-state index contributed by atoms with van der Waals surface area (Å²) in [4.78, 5) is 12.6. The fraction of sp³-hybridized carbons (Fsp3) is 0.263. The quantitative estimate of drug-likeness (QED) is 0.609. The lowest BCUT2D eigenvalue weighted by molar-refractivity contribution is -0.123. The van der Waals surface area contributed by atoms with Gasteiger partial charge in [0.2, 0.25) is 5.91 Å². The van der Waals surface area contributed by atoms with Crippen LogP contribution in [0.3, 0.4) is 0 Å². The Kier molecular flexibility index (Phi) is 6.01. The van der Waals surface area contributed by atoms with Gasteiger partial charge >= 0.3 is 0 Å². The van der Waals surface area contributed by atoms with Gasteiger partial charge in [-0.2, -0.15) is 5.10 Å². The zero-order valence-corrected chi connectivity index (χ0v) is 13.9. The van der Waals surface area contributed by atoms with Crippen LogP contribution in [0, 0.1) is 0 Å². The van der Waals surface area contributed by atoms with Crippen molar-refractivity contribution in [2.45, 2.75) is 19.1 Å². The van der Waals surface area contributed by atoms with Crippen LogP contribution >= 0.6 is 0 Å². The smallest absolute Gasteiger partial charge is 0.249 e. The molecule has 1 atom stereocenters. The van der Waals surface area contributed by atoms with Crippen LogP contribution in [0.25, 0.3) is 0 Å². The maximum Gasteiger partial charge on any atom is 0.249 e. The lowest BCUT2D eigenvalue weighted by Crippen LogP contribution is -2.34. The molecule has 0 bridgehead atoms. The predicted octanol–water partition coefficient (Wildman–Crippen LogP) is 2.79. The van der Waals surface area contributed by atoms with Gasteiger partial charge < -0.3 is 14.5 Å². The lowest BCUT2D eigenvalue weighted by atomic mass is 10.1. The average molecular weight is 339 g/mol. The van der Waals surface area contributed by atoms with Gasteiger partial charge in [-0.05, 0) is 30.2 Å². The second kappa shape index (κ2) is 8.84. The van der Waals surface area contributed by atoms with E-state index in [1.165, 1.54) is 0 Å². The molecule has 1 aromatic carbocycles. The van der Waals surface area contributed by atoms with Gasteiger partial charge in [-0.3, -0.25) is 9.48 Å². The molecule has 0 saturated heterocycles. The normalized spacial score (nSPS) is 12.0. The fourth-order valence-electron chi connectivity index (χ4n) is 2.54. The number of carbonyl (C=O) groups excluding carboxylic acids is 1. The van der Waals surface area contributed by atoms with Crippen LogP contribution in [0.15, 0.2) is 71.6 Å². The molecule has 0 fully saturated rings. The van der Waals surface area contributed by atoms with Crippen LogP contribution in [0.5, 0.6) is 0 Å². The highest BCUT2D eigenvalue weighted by Crippen LogP contribution is 2.17. The number of carbonyl (C=O) groups is 1. The summed E-state index contributed by atoms with van der Waals surface area (Å²) in [6.45, 7) is 1.54. The van der Waals surface area contributed by atoms with E-state index in [1.54, 1.807) is 23.3 Å². The summed E-state index contributed by atoms with van der Waals surface area (Å²) in [5.41, 5.74) is 0.901. The van der Waals surface area contributed by atoms with Crippen LogP contribution in [0.2, 0.25) is 0 Å². The highest BCUT2D eigenvalue weighted by Gasteiger charge is 2.22. The zero-order chi connectivity index (χ0) is 17.3. The molecule has 0 saturated carbocycles. The first kappa shape index (κ1) is 17.0. The van der Waals surface area contributed by atoms with Crippen molar-refractivity contribution in [3.05, 3.63) is 78.5 Å². The number of furan rings is 1. The van der Waals surface area contributed by atoms with Gasteiger partial charge in [-0.15, -0.1) is 0 Å². The maximum absolute atomic E-state index is 12.6. The van der Waals surface area contributed by atoms with E-state index >= 15 is 0 Å². The first-order valence-electron chi connectivity index (χ1n) is 8.26. The monoisotopic (exact) mass is 339 g/mol. The molecular weight excluding hydrogens is 318 g/mol. The van der Waals surface area contributed by atoms with Crippen molar-refractivity contribution < 1.29 is 13.9 Å². The summed E-state index contributed by atoms with van der Waals surface area (Å²) >= 11 is 0. The summed E-state index contributed by atoms with van der Waals surface area (Å²) in [6.07, 6.45) is 5.82. The summed E-state index contributed by atoms with van der Waals surface area (Å²) in [5.74, 6) is 0.716. The van der Waals surface area contributed by atoms with Gasteiger partial charge in [0.25, 0.3) is 0 Å². The standard InChI is InChI=1S/C19H21N3O3/c23-19(20-10-6-13-24-15-17-9-4-14-25-17)18(22-12-5-11-21-22)16-7-2-1-3-8-16/h1-5,7-9,11-12,14,18H,6,10,13,15H2,(H,20,23)/t18-/m0/s1. The van der Waals surface area contributed by atoms with E-state index in [9.17, 15) is 4.79 Å². The minimum Gasteiger partial charge on any atom is -0.467 e. The molecule has 2 aromatic heterocycles. The Morgan fingerprint density at radius 1 is 1.20 bits per heavy atom. The largest absolute Gasteiger partial charge is 0.467 e. The number of aromatic nitrogens is 2. The van der Waals surface area contributed by atoms with E-state index in [-0.39, 0.29) is 5.91 Å². The van der Waals surface area contributed by atoms with Crippen LogP contribution in [-0.2, 0) is 16.1 Å². The molecule has 0 unspecified atom stereocenters. The van der Waals surface area contributed by atoms with E-state index < -0.39 is 6.04 Å². The molecule has 0 aliphatic heterocycles. The number of hydrogen-bond donors (Lipinski definition) is 1. The zero-order valence-electron chi connectivity index (χ0n) is 13.9. The van der Waals surface area contributed by atoms with Crippen LogP contribution < -0.4 is 5.32 Å². The summed E-state index contributed by atoms with van der Waals surface area (Å²) in [7, 11) is 0. The molecule has 2 heterocycles. The molecule has 6 nitrogen and oxygen atoms in total. The molecule has 0 aliphatic carbocycles. The minimum atomic E-state index is -0.472. The maximum atomic E-state index is 12.6. The van der Waals surface area contributed by atoms with E-state index in [0.29, 0.717) is 19.8 Å². The SMILES string of the molecule is O=C(NCCCOCc1ccco1)[C@H](c1ccccc1)n1cccn1. The Bertz CT molecular complexity index is 740. The van der Waals surface area contributed by atoms with Crippen LogP contribution in [0.1, 0.15) is 23.8 Å². The van der Waals surface area contributed by atoms with Gasteiger partial charge in [0.15, 0.2) is 6.04 Å². The Hall–Kier alpha value is -2.86. The Labute approximate surface area is 146 Å². The van der Waals surface area contributed by atoms with Crippen LogP contribution in [0.4, 0.5) is 0 Å². The second-order valence-corrected chi connectivity index (χ2v) is 5.58. The molecule has 25 heavy (non-hydrogen) atoms. The summed E-state index contributed by atoms with van der Waals surface area (Å²) in [6, 6.07) is 14.7. The Morgan fingerprint density at radius 2 is 2.08 bits per heavy atom. The summed E-state index contributed by atoms with van der Waals surface area (Å²) < 4.78 is 12.4. The fourth-order valence-corrected chi connectivity index (χ4v) is 2.54. The predicted molar refractivity (Wildman–Crippen MR) is 92.8 cm³/mol. The molecule has 6 heteroatoms. The number of ether oxygens (including phenoxy) is 1. The van der Waals surface area contributed by atoms with Crippen molar-refractivity contribution in [3.63, 3.8) is 0 Å². The third-order valence-corrected chi connectivity index (χ3v) is 3.74. The van der Waals surface area contributed by atoms with Crippen molar-refractivity contribution in [1.29, 1.82) is 0 Å². The molecule has 3 rings (SSSR count). The molecule has 3 aromatic rings. The van der Waals surface area contributed by atoms with E-state index in [4.69, 9.17) is 9.15 Å². The van der Waals surface area contributed by atoms with Crippen molar-refractivity contribution in [2.24, 2.45) is 0 Å². The van der Waals surface area contributed by atoms with Crippen molar-refractivity contribution >= 4 is 5.91 Å². The first-order chi connectivity index (χ1) is 12.3. The van der Waals surface area contributed by atoms with Crippen molar-refractivity contribution in [2.75, 3.05) is 13.2 Å². The third-order valence-electron chi connectivity index (χ3n) is 3.74. The third kappa shape index (κ3) is 4.81. The number of nitrogens with zero attached hydrogens (tertiary/aromatic N) is 2. The Morgan fingerprint density at radius 3 is 2.80 bits per heavy atom. The molecule has 0 spiro atoms. The van der Waals surface area contributed by atoms with E-state index in [0.717, 1.165) is 17.7 Å². The molecule has 130 valence electrons. The number of benzene rings is 1. The highest BCUT2D eigenvalue weighted by atomic mass is 16.5. The lowest BCUT2D eigenvalue weighted by Gasteiger charge is -2.17. The topological polar surface area (TPSA) is 69.3 Å². The second-order valence-electron chi connectivity index (χ2n) is 5.58. The van der Waals surface area contributed by atoms with E-state index in [1.807, 2.05) is 48.5 Å². The molecule has 1 N–H and O–H groups in total. The van der Waals surface area contributed by atoms with Gasteiger partial charge in [-0.1, -0.05) is 30.3 Å². The van der Waals surface area contributed by atoms with Gasteiger partial charge in [0, 0.05) is 25.5 Å². The van der Waals surface area contributed by atoms with Crippen molar-refractivity contribution in [3.8, 4) is 0 Å². The Balaban J connectivity index is 1.48. The van der Waals surface area contributed by atoms with Gasteiger partial charge in [-0.25, -0.2) is 0 Å². The van der Waals surface area contributed by atoms with E-state index in [2.05, 4.69) is 10.4 Å². The minimum absolute atomic E-state index is 0.0825. The summed E-state index contributed by atoms with van der Waals surface area (Å²) in [5, 5.41) is 7.18. The molecular formula is C19H21N3O3. The van der Waals surface area contributed by atoms with Gasteiger partial charge in [0.1, 0.15) is 12.4 Å². The first-order valence-corrected chi connectivity index (χ1v) is 8.26. The highest BCUT2D eigenvalue weighted by molar-refractivity contribution is 5.83. The number of rotatable bonds is 9. The number of amides is 1. The molecule has 0 radical (unpaired) electrons. The van der Waals surface area contributed by atoms with Crippen LogP contribution in [-0.4, -0.2) is 28.8 Å². The molecule has 1 amide bonds. The molecule has 0 aliphatic rings. The number of nitrogens with one attached hydrogen (secondary N) is 1. The van der Waals surface area contributed by atoms with Crippen molar-refractivity contribution in [1.82, 2.24) is 15.1 Å². The number of hydrogen-bond acceptors (Lipinski definition) is 4. The van der Waals surface area contributed by atoms with Gasteiger partial charge in [0.05, 0.1) is 6.26 Å².